The molecule has 1 aromatic heterocycles. The van der Waals surface area contributed by atoms with Crippen LogP contribution in [0.3, 0.4) is 0 Å². The van der Waals surface area contributed by atoms with Gasteiger partial charge in [-0.3, -0.25) is 0 Å². The molecular formula is C37H40N2O8. The number of aromatic nitrogens is 1. The van der Waals surface area contributed by atoms with Crippen molar-refractivity contribution in [2.24, 2.45) is 0 Å². The first-order valence-corrected chi connectivity index (χ1v) is 15.7. The van der Waals surface area contributed by atoms with Gasteiger partial charge < -0.3 is 34.1 Å². The summed E-state index contributed by atoms with van der Waals surface area (Å²) in [6.45, 7) is 6.31. The molecule has 47 heavy (non-hydrogen) atoms. The van der Waals surface area contributed by atoms with E-state index in [1.165, 1.54) is 0 Å². The molecule has 0 radical (unpaired) electrons. The number of carbonyl (C=O) groups excluding carboxylic acids is 1. The van der Waals surface area contributed by atoms with Crippen molar-refractivity contribution in [2.75, 3.05) is 20.0 Å². The Hall–Kier alpha value is -5.25. The number of unbranched alkanes of at least 4 members (excludes halogenated alkanes) is 2. The van der Waals surface area contributed by atoms with Gasteiger partial charge in [-0.15, -0.1) is 0 Å². The number of rotatable bonds is 14. The Labute approximate surface area is 274 Å². The van der Waals surface area contributed by atoms with E-state index in [2.05, 4.69) is 5.32 Å². The van der Waals surface area contributed by atoms with Crippen molar-refractivity contribution in [1.29, 1.82) is 0 Å². The van der Waals surface area contributed by atoms with Gasteiger partial charge in [0.15, 0.2) is 11.5 Å². The summed E-state index contributed by atoms with van der Waals surface area (Å²) in [4.78, 5) is 28.8. The van der Waals surface area contributed by atoms with Crippen LogP contribution in [0.2, 0.25) is 0 Å². The molecule has 2 heterocycles. The fourth-order valence-electron chi connectivity index (χ4n) is 5.00. The average Bonchev–Trinajstić information content (AvgIpc) is 3.52. The lowest BCUT2D eigenvalue weighted by Crippen LogP contribution is -2.44. The molecule has 1 aliphatic heterocycles. The number of hydrogen-bond acceptors (Lipinski definition) is 8. The standard InChI is InChI=1S/C37H40N2O8/c1-37(2,3)47-36(42)39-30(35(40)41)20-27-14-8-9-15-31(27)43-18-10-5-11-19-44-34-23-28(21-29(38-34)25-12-6-4-7-13-25)26-16-17-32-33(22-26)46-24-45-32/h4,6-9,12-17,21-23,30H,5,10-11,18-20,24H2,1-3H3,(H,39,42)(H,40,41). The van der Waals surface area contributed by atoms with E-state index >= 15 is 0 Å². The summed E-state index contributed by atoms with van der Waals surface area (Å²) in [6.07, 6.45) is 1.70. The van der Waals surface area contributed by atoms with E-state index in [1.54, 1.807) is 32.9 Å². The molecule has 10 heteroatoms. The van der Waals surface area contributed by atoms with Crippen molar-refractivity contribution >= 4 is 12.1 Å². The fourth-order valence-corrected chi connectivity index (χ4v) is 5.00. The summed E-state index contributed by atoms with van der Waals surface area (Å²) >= 11 is 0. The zero-order chi connectivity index (χ0) is 33.2. The SMILES string of the molecule is CC(C)(C)OC(=O)NC(Cc1ccccc1OCCCCCOc1cc(-c2ccc3c(c2)OCO3)cc(-c2ccccc2)n1)C(=O)O. The molecule has 0 saturated heterocycles. The Morgan fingerprint density at radius 1 is 0.830 bits per heavy atom. The maximum Gasteiger partial charge on any atom is 0.408 e. The third-order valence-electron chi connectivity index (χ3n) is 7.26. The van der Waals surface area contributed by atoms with E-state index in [4.69, 9.17) is 28.7 Å². The number of para-hydroxylation sites is 1. The third kappa shape index (κ3) is 9.62. The van der Waals surface area contributed by atoms with Crippen molar-refractivity contribution in [1.82, 2.24) is 10.3 Å². The highest BCUT2D eigenvalue weighted by atomic mass is 16.7. The number of benzene rings is 3. The number of carbonyl (C=O) groups is 2. The minimum Gasteiger partial charge on any atom is -0.493 e. The quantitative estimate of drug-likeness (QED) is 0.137. The summed E-state index contributed by atoms with van der Waals surface area (Å²) in [7, 11) is 0. The number of nitrogens with one attached hydrogen (secondary N) is 1. The van der Waals surface area contributed by atoms with Crippen molar-refractivity contribution in [3.63, 3.8) is 0 Å². The van der Waals surface area contributed by atoms with Gasteiger partial charge in [0, 0.05) is 18.1 Å². The maximum absolute atomic E-state index is 12.2. The van der Waals surface area contributed by atoms with Gasteiger partial charge in [0.05, 0.1) is 18.9 Å². The van der Waals surface area contributed by atoms with Gasteiger partial charge in [0.25, 0.3) is 0 Å². The second-order valence-corrected chi connectivity index (χ2v) is 12.1. The van der Waals surface area contributed by atoms with Crippen LogP contribution >= 0.6 is 0 Å². The zero-order valence-electron chi connectivity index (χ0n) is 26.9. The third-order valence-corrected chi connectivity index (χ3v) is 7.26. The van der Waals surface area contributed by atoms with Crippen LogP contribution in [0.4, 0.5) is 4.79 Å². The van der Waals surface area contributed by atoms with Gasteiger partial charge in [-0.1, -0.05) is 54.6 Å². The highest BCUT2D eigenvalue weighted by molar-refractivity contribution is 5.80. The molecule has 2 N–H and O–H groups in total. The first-order valence-electron chi connectivity index (χ1n) is 15.7. The van der Waals surface area contributed by atoms with Gasteiger partial charge in [0.1, 0.15) is 17.4 Å². The van der Waals surface area contributed by atoms with Crippen molar-refractivity contribution < 1.29 is 38.4 Å². The number of ether oxygens (including phenoxy) is 5. The van der Waals surface area contributed by atoms with E-state index in [0.717, 1.165) is 47.4 Å². The number of amides is 1. The first kappa shape index (κ1) is 33.1. The lowest BCUT2D eigenvalue weighted by molar-refractivity contribution is -0.139. The molecule has 0 saturated carbocycles. The van der Waals surface area contributed by atoms with Crippen molar-refractivity contribution in [2.45, 2.75) is 58.1 Å². The molecule has 0 spiro atoms. The topological polar surface area (TPSA) is 125 Å². The number of nitrogens with zero attached hydrogens (tertiary/aromatic N) is 1. The minimum atomic E-state index is -1.16. The summed E-state index contributed by atoms with van der Waals surface area (Å²) in [5, 5.41) is 12.1. The summed E-state index contributed by atoms with van der Waals surface area (Å²) in [6, 6.07) is 25.9. The highest BCUT2D eigenvalue weighted by Gasteiger charge is 2.25. The molecule has 3 aromatic carbocycles. The van der Waals surface area contributed by atoms with Gasteiger partial charge >= 0.3 is 12.1 Å². The second kappa shape index (κ2) is 15.4. The Morgan fingerprint density at radius 2 is 1.55 bits per heavy atom. The van der Waals surface area contributed by atoms with Crippen LogP contribution in [-0.2, 0) is 16.0 Å². The van der Waals surface area contributed by atoms with Crippen LogP contribution in [0.15, 0.2) is 84.9 Å². The molecule has 4 aromatic rings. The van der Waals surface area contributed by atoms with Crippen LogP contribution in [0, 0.1) is 0 Å². The molecule has 1 unspecified atom stereocenters. The number of fused-ring (bicyclic) bond motifs is 1. The van der Waals surface area contributed by atoms with E-state index in [-0.39, 0.29) is 13.2 Å². The summed E-state index contributed by atoms with van der Waals surface area (Å²) in [5.41, 5.74) is 3.69. The van der Waals surface area contributed by atoms with Crippen LogP contribution in [0.25, 0.3) is 22.4 Å². The number of hydrogen-bond donors (Lipinski definition) is 2. The van der Waals surface area contributed by atoms with Crippen molar-refractivity contribution in [3.05, 3.63) is 90.5 Å². The number of alkyl carbamates (subject to hydrolysis) is 1. The molecule has 0 aliphatic carbocycles. The van der Waals surface area contributed by atoms with E-state index < -0.39 is 23.7 Å². The molecule has 1 aliphatic rings. The normalized spacial score (nSPS) is 12.7. The van der Waals surface area contributed by atoms with E-state index in [9.17, 15) is 14.7 Å². The molecule has 10 nitrogen and oxygen atoms in total. The van der Waals surface area contributed by atoms with Crippen LogP contribution in [0.5, 0.6) is 23.1 Å². The largest absolute Gasteiger partial charge is 0.493 e. The number of carboxylic acid groups (broad SMARTS) is 1. The monoisotopic (exact) mass is 640 g/mol. The van der Waals surface area contributed by atoms with Gasteiger partial charge in [0.2, 0.25) is 12.7 Å². The first-order chi connectivity index (χ1) is 22.6. The predicted molar refractivity (Wildman–Crippen MR) is 177 cm³/mol. The predicted octanol–water partition coefficient (Wildman–Crippen LogP) is 7.29. The Balaban J connectivity index is 1.13. The Morgan fingerprint density at radius 3 is 2.32 bits per heavy atom. The Kier molecular flexibility index (Phi) is 10.8. The molecule has 1 atom stereocenters. The zero-order valence-corrected chi connectivity index (χ0v) is 26.9. The lowest BCUT2D eigenvalue weighted by atomic mass is 10.0. The smallest absolute Gasteiger partial charge is 0.408 e. The fraction of sp³-hybridized carbons (Fsp3) is 0.324. The second-order valence-electron chi connectivity index (χ2n) is 12.1. The summed E-state index contributed by atoms with van der Waals surface area (Å²) in [5.74, 6) is 1.41. The molecule has 1 amide bonds. The number of pyridine rings is 1. The van der Waals surface area contributed by atoms with Gasteiger partial charge in [-0.05, 0) is 81.0 Å². The molecular weight excluding hydrogens is 600 g/mol. The van der Waals surface area contributed by atoms with E-state index in [1.807, 2.05) is 72.8 Å². The molecule has 246 valence electrons. The maximum atomic E-state index is 12.2. The number of aliphatic carboxylic acids is 1. The lowest BCUT2D eigenvalue weighted by Gasteiger charge is -2.22. The minimum absolute atomic E-state index is 0.0574. The Bertz CT molecular complexity index is 1670. The van der Waals surface area contributed by atoms with Crippen molar-refractivity contribution in [3.8, 4) is 45.5 Å². The molecule has 0 fully saturated rings. The van der Waals surface area contributed by atoms with Crippen LogP contribution in [-0.4, -0.2) is 53.8 Å². The van der Waals surface area contributed by atoms with Crippen LogP contribution < -0.4 is 24.3 Å². The van der Waals surface area contributed by atoms with E-state index in [0.29, 0.717) is 36.2 Å². The molecule has 0 bridgehead atoms. The van der Waals surface area contributed by atoms with Gasteiger partial charge in [-0.25, -0.2) is 14.6 Å². The van der Waals surface area contributed by atoms with Crippen LogP contribution in [0.1, 0.15) is 45.6 Å². The molecule has 5 rings (SSSR count). The van der Waals surface area contributed by atoms with Gasteiger partial charge in [-0.2, -0.15) is 0 Å². The average molecular weight is 641 g/mol. The summed E-state index contributed by atoms with van der Waals surface area (Å²) < 4.78 is 28.4. The number of carboxylic acids is 1. The highest BCUT2D eigenvalue weighted by Crippen LogP contribution is 2.37.